The van der Waals surface area contributed by atoms with Crippen molar-refractivity contribution in [2.24, 2.45) is 0 Å². The third-order valence-electron chi connectivity index (χ3n) is 2.17. The first-order valence-corrected chi connectivity index (χ1v) is 5.11. The predicted octanol–water partition coefficient (Wildman–Crippen LogP) is 1.39. The molecule has 0 aliphatic heterocycles. The average Bonchev–Trinajstić information content (AvgIpc) is 2.28. The van der Waals surface area contributed by atoms with Gasteiger partial charge in [-0.1, -0.05) is 24.3 Å². The predicted molar refractivity (Wildman–Crippen MR) is 57.4 cm³/mol. The summed E-state index contributed by atoms with van der Waals surface area (Å²) < 4.78 is 0. The number of nitrogens with zero attached hydrogens (tertiary/aromatic N) is 1. The molecule has 0 spiro atoms. The zero-order valence-electron chi connectivity index (χ0n) is 8.10. The summed E-state index contributed by atoms with van der Waals surface area (Å²) in [6.45, 7) is 0. The molecule has 1 aromatic rings. The molecule has 2 atom stereocenters. The molecule has 0 bridgehead atoms. The summed E-state index contributed by atoms with van der Waals surface area (Å²) in [4.78, 5) is 0. The van der Waals surface area contributed by atoms with Crippen LogP contribution in [0.5, 0.6) is 0 Å². The van der Waals surface area contributed by atoms with Crippen molar-refractivity contribution in [3.63, 3.8) is 0 Å². The lowest BCUT2D eigenvalue weighted by Crippen LogP contribution is -2.20. The van der Waals surface area contributed by atoms with Crippen molar-refractivity contribution in [1.82, 2.24) is 0 Å². The van der Waals surface area contributed by atoms with Gasteiger partial charge in [0.05, 0.1) is 24.5 Å². The largest absolute Gasteiger partial charge is 0.389 e. The Morgan fingerprint density at radius 1 is 1.33 bits per heavy atom. The molecule has 80 valence electrons. The molecule has 3 nitrogen and oxygen atoms in total. The van der Waals surface area contributed by atoms with E-state index < -0.39 is 12.2 Å². The van der Waals surface area contributed by atoms with Crippen LogP contribution in [0.3, 0.4) is 0 Å². The van der Waals surface area contributed by atoms with Gasteiger partial charge in [-0.15, -0.1) is 11.6 Å². The summed E-state index contributed by atoms with van der Waals surface area (Å²) >= 11 is 5.45. The van der Waals surface area contributed by atoms with E-state index in [1.165, 1.54) is 0 Å². The Hall–Kier alpha value is -1.08. The van der Waals surface area contributed by atoms with Crippen LogP contribution in [0.15, 0.2) is 24.3 Å². The Labute approximate surface area is 93.5 Å². The second-order valence-electron chi connectivity index (χ2n) is 3.20. The van der Waals surface area contributed by atoms with E-state index in [0.29, 0.717) is 5.56 Å². The van der Waals surface area contributed by atoms with Crippen LogP contribution in [0.25, 0.3) is 0 Å². The maximum absolute atomic E-state index is 9.75. The summed E-state index contributed by atoms with van der Waals surface area (Å²) in [5.41, 5.74) is 1.28. The fourth-order valence-electron chi connectivity index (χ4n) is 1.36. The molecular weight excluding hydrogens is 214 g/mol. The van der Waals surface area contributed by atoms with Crippen LogP contribution in [-0.2, 0) is 6.42 Å². The zero-order chi connectivity index (χ0) is 11.3. The van der Waals surface area contributed by atoms with E-state index in [4.69, 9.17) is 16.9 Å². The topological polar surface area (TPSA) is 64.2 Å². The lowest BCUT2D eigenvalue weighted by molar-refractivity contribution is 0.0322. The Morgan fingerprint density at radius 2 is 2.00 bits per heavy atom. The van der Waals surface area contributed by atoms with E-state index in [9.17, 15) is 10.2 Å². The number of hydrogen-bond donors (Lipinski definition) is 2. The van der Waals surface area contributed by atoms with Crippen molar-refractivity contribution in [3.8, 4) is 6.07 Å². The summed E-state index contributed by atoms with van der Waals surface area (Å²) in [6.07, 6.45) is -1.83. The van der Waals surface area contributed by atoms with Gasteiger partial charge >= 0.3 is 0 Å². The summed E-state index contributed by atoms with van der Waals surface area (Å²) in [7, 11) is 0. The van der Waals surface area contributed by atoms with Gasteiger partial charge in [0.15, 0.2) is 0 Å². The van der Waals surface area contributed by atoms with E-state index >= 15 is 0 Å². The molecule has 2 N–H and O–H groups in total. The van der Waals surface area contributed by atoms with Gasteiger partial charge in [-0.2, -0.15) is 5.26 Å². The molecule has 0 radical (unpaired) electrons. The zero-order valence-corrected chi connectivity index (χ0v) is 8.85. The first-order valence-electron chi connectivity index (χ1n) is 4.57. The number of hydrogen-bond acceptors (Lipinski definition) is 3. The number of aliphatic hydroxyl groups is 2. The van der Waals surface area contributed by atoms with Crippen LogP contribution in [0.4, 0.5) is 0 Å². The third kappa shape index (κ3) is 2.93. The lowest BCUT2D eigenvalue weighted by Gasteiger charge is -2.18. The van der Waals surface area contributed by atoms with Crippen LogP contribution in [0.1, 0.15) is 17.2 Å². The highest BCUT2D eigenvalue weighted by Crippen LogP contribution is 2.22. The number of rotatable bonds is 4. The second kappa shape index (κ2) is 5.72. The maximum atomic E-state index is 9.75. The van der Waals surface area contributed by atoms with Gasteiger partial charge in [0.25, 0.3) is 0 Å². The van der Waals surface area contributed by atoms with Gasteiger partial charge in [0.1, 0.15) is 6.10 Å². The molecule has 0 amide bonds. The van der Waals surface area contributed by atoms with E-state index in [0.717, 1.165) is 5.56 Å². The van der Waals surface area contributed by atoms with Gasteiger partial charge in [0, 0.05) is 0 Å². The van der Waals surface area contributed by atoms with Crippen LogP contribution in [0.2, 0.25) is 0 Å². The van der Waals surface area contributed by atoms with E-state index in [2.05, 4.69) is 0 Å². The van der Waals surface area contributed by atoms with E-state index in [1.54, 1.807) is 24.3 Å². The van der Waals surface area contributed by atoms with Crippen molar-refractivity contribution in [1.29, 1.82) is 5.26 Å². The highest BCUT2D eigenvalue weighted by molar-refractivity contribution is 6.18. The highest BCUT2D eigenvalue weighted by atomic mass is 35.5. The molecule has 0 saturated carbocycles. The SMILES string of the molecule is N#CCc1ccccc1C(O)C(O)CCl. The van der Waals surface area contributed by atoms with Crippen molar-refractivity contribution < 1.29 is 10.2 Å². The Morgan fingerprint density at radius 3 is 2.60 bits per heavy atom. The fraction of sp³-hybridized carbons (Fsp3) is 0.364. The molecule has 0 aliphatic carbocycles. The molecular formula is C11H12ClNO2. The smallest absolute Gasteiger partial charge is 0.106 e. The Bertz CT molecular complexity index is 362. The normalized spacial score (nSPS) is 14.3. The lowest BCUT2D eigenvalue weighted by atomic mass is 9.98. The Balaban J connectivity index is 2.97. The van der Waals surface area contributed by atoms with E-state index in [1.807, 2.05) is 6.07 Å². The van der Waals surface area contributed by atoms with Crippen LogP contribution in [-0.4, -0.2) is 22.2 Å². The molecule has 0 saturated heterocycles. The van der Waals surface area contributed by atoms with Gasteiger partial charge in [-0.25, -0.2) is 0 Å². The first kappa shape index (κ1) is 12.0. The summed E-state index contributed by atoms with van der Waals surface area (Å²) in [6, 6.07) is 8.99. The summed E-state index contributed by atoms with van der Waals surface area (Å²) in [5, 5.41) is 27.8. The van der Waals surface area contributed by atoms with E-state index in [-0.39, 0.29) is 12.3 Å². The molecule has 0 fully saturated rings. The highest BCUT2D eigenvalue weighted by Gasteiger charge is 2.19. The third-order valence-corrected chi connectivity index (χ3v) is 2.48. The molecule has 0 aliphatic rings. The van der Waals surface area contributed by atoms with Gasteiger partial charge in [-0.05, 0) is 11.1 Å². The summed E-state index contributed by atoms with van der Waals surface area (Å²) in [5.74, 6) is -0.0396. The molecule has 0 aromatic heterocycles. The van der Waals surface area contributed by atoms with Gasteiger partial charge < -0.3 is 10.2 Å². The molecule has 1 rings (SSSR count). The molecule has 1 aromatic carbocycles. The maximum Gasteiger partial charge on any atom is 0.106 e. The van der Waals surface area contributed by atoms with Crippen LogP contribution >= 0.6 is 11.6 Å². The monoisotopic (exact) mass is 225 g/mol. The van der Waals surface area contributed by atoms with Gasteiger partial charge in [-0.3, -0.25) is 0 Å². The van der Waals surface area contributed by atoms with Crippen LogP contribution in [0, 0.1) is 11.3 Å². The number of nitriles is 1. The second-order valence-corrected chi connectivity index (χ2v) is 3.51. The average molecular weight is 226 g/mol. The first-order chi connectivity index (χ1) is 7.20. The number of benzene rings is 1. The minimum atomic E-state index is -1.04. The Kier molecular flexibility index (Phi) is 4.57. The van der Waals surface area contributed by atoms with Crippen molar-refractivity contribution in [2.75, 3.05) is 5.88 Å². The standard InChI is InChI=1S/C11H12ClNO2/c12-7-10(14)11(15)9-4-2-1-3-8(9)5-6-13/h1-4,10-11,14-15H,5,7H2. The van der Waals surface area contributed by atoms with Crippen molar-refractivity contribution >= 4 is 11.6 Å². The van der Waals surface area contributed by atoms with Crippen molar-refractivity contribution in [2.45, 2.75) is 18.6 Å². The quantitative estimate of drug-likeness (QED) is 0.761. The van der Waals surface area contributed by atoms with Crippen molar-refractivity contribution in [3.05, 3.63) is 35.4 Å². The number of aliphatic hydroxyl groups excluding tert-OH is 2. The minimum absolute atomic E-state index is 0.0396. The number of alkyl halides is 1. The molecule has 4 heteroatoms. The minimum Gasteiger partial charge on any atom is -0.389 e. The molecule has 0 heterocycles. The molecule has 15 heavy (non-hydrogen) atoms. The number of halogens is 1. The fourth-order valence-corrected chi connectivity index (χ4v) is 1.53. The van der Waals surface area contributed by atoms with Gasteiger partial charge in [0.2, 0.25) is 0 Å². The van der Waals surface area contributed by atoms with Crippen LogP contribution < -0.4 is 0 Å². The molecule has 2 unspecified atom stereocenters.